The summed E-state index contributed by atoms with van der Waals surface area (Å²) in [4.78, 5) is 19.4. The Morgan fingerprint density at radius 3 is 2.69 bits per heavy atom. The molecular weight excluding hydrogens is 417 g/mol. The first-order valence-corrected chi connectivity index (χ1v) is 10.6. The molecule has 1 fully saturated rings. The van der Waals surface area contributed by atoms with Crippen LogP contribution in [0.1, 0.15) is 57.3 Å². The maximum absolute atomic E-state index is 13.1. The minimum Gasteiger partial charge on any atom is -0.337 e. The van der Waals surface area contributed by atoms with Crippen molar-refractivity contribution in [3.05, 3.63) is 82.4 Å². The topological polar surface area (TPSA) is 51.0 Å². The van der Waals surface area contributed by atoms with E-state index in [0.29, 0.717) is 30.8 Å². The van der Waals surface area contributed by atoms with Crippen molar-refractivity contribution < 1.29 is 18.0 Å². The van der Waals surface area contributed by atoms with E-state index < -0.39 is 11.7 Å². The van der Waals surface area contributed by atoms with Crippen molar-refractivity contribution in [1.29, 1.82) is 0 Å². The van der Waals surface area contributed by atoms with Crippen LogP contribution in [0.4, 0.5) is 13.2 Å². The highest BCUT2D eigenvalue weighted by Gasteiger charge is 2.30. The first-order valence-electron chi connectivity index (χ1n) is 10.6. The van der Waals surface area contributed by atoms with Gasteiger partial charge in [0.25, 0.3) is 5.91 Å². The summed E-state index contributed by atoms with van der Waals surface area (Å²) in [5, 5.41) is 4.08. The molecule has 2 aromatic heterocycles. The Labute approximate surface area is 184 Å². The van der Waals surface area contributed by atoms with Crippen LogP contribution in [0.5, 0.6) is 0 Å². The molecule has 4 rings (SSSR count). The van der Waals surface area contributed by atoms with E-state index in [-0.39, 0.29) is 11.8 Å². The fraction of sp³-hybridized carbons (Fsp3) is 0.375. The number of pyridine rings is 1. The molecule has 3 heterocycles. The van der Waals surface area contributed by atoms with E-state index in [2.05, 4.69) is 5.10 Å². The number of carbonyl (C=O) groups is 1. The van der Waals surface area contributed by atoms with Gasteiger partial charge in [-0.2, -0.15) is 18.3 Å². The monoisotopic (exact) mass is 442 g/mol. The zero-order chi connectivity index (χ0) is 22.9. The lowest BCUT2D eigenvalue weighted by molar-refractivity contribution is -0.137. The normalized spacial score (nSPS) is 16.9. The van der Waals surface area contributed by atoms with Gasteiger partial charge in [-0.05, 0) is 61.6 Å². The van der Waals surface area contributed by atoms with Crippen molar-refractivity contribution >= 4 is 5.91 Å². The van der Waals surface area contributed by atoms with E-state index >= 15 is 0 Å². The van der Waals surface area contributed by atoms with E-state index in [0.717, 1.165) is 35.9 Å². The number of alkyl halides is 3. The van der Waals surface area contributed by atoms with Gasteiger partial charge in [0.05, 0.1) is 5.56 Å². The van der Waals surface area contributed by atoms with Crippen molar-refractivity contribution in [2.24, 2.45) is 7.05 Å². The van der Waals surface area contributed by atoms with E-state index in [1.54, 1.807) is 30.1 Å². The lowest BCUT2D eigenvalue weighted by atomic mass is 9.92. The third-order valence-corrected chi connectivity index (χ3v) is 5.86. The van der Waals surface area contributed by atoms with Crippen molar-refractivity contribution in [2.45, 2.75) is 38.3 Å². The van der Waals surface area contributed by atoms with E-state index in [9.17, 15) is 18.0 Å². The summed E-state index contributed by atoms with van der Waals surface area (Å²) in [6, 6.07) is 11.0. The number of amides is 1. The number of nitrogens with zero attached hydrogens (tertiary/aromatic N) is 4. The zero-order valence-electron chi connectivity index (χ0n) is 18.1. The van der Waals surface area contributed by atoms with Crippen LogP contribution in [0.2, 0.25) is 0 Å². The Balaban J connectivity index is 1.54. The average Bonchev–Trinajstić information content (AvgIpc) is 3.18. The Bertz CT molecular complexity index is 1120. The summed E-state index contributed by atoms with van der Waals surface area (Å²) in [7, 11) is 1.75. The second-order valence-corrected chi connectivity index (χ2v) is 8.35. The van der Waals surface area contributed by atoms with E-state index in [1.165, 1.54) is 12.1 Å². The number of piperidine rings is 1. The molecule has 3 aromatic rings. The van der Waals surface area contributed by atoms with Crippen LogP contribution in [0.3, 0.4) is 0 Å². The molecule has 1 aromatic carbocycles. The molecule has 1 aliphatic heterocycles. The maximum atomic E-state index is 13.1. The Morgan fingerprint density at radius 2 is 1.97 bits per heavy atom. The third-order valence-electron chi connectivity index (χ3n) is 5.86. The minimum atomic E-state index is -4.36. The summed E-state index contributed by atoms with van der Waals surface area (Å²) >= 11 is 0. The van der Waals surface area contributed by atoms with Crippen LogP contribution in [-0.4, -0.2) is 38.7 Å². The summed E-state index contributed by atoms with van der Waals surface area (Å²) in [6.45, 7) is 3.13. The van der Waals surface area contributed by atoms with Gasteiger partial charge in [-0.15, -0.1) is 0 Å². The van der Waals surface area contributed by atoms with Crippen LogP contribution in [-0.2, 0) is 19.6 Å². The fourth-order valence-electron chi connectivity index (χ4n) is 4.32. The van der Waals surface area contributed by atoms with Gasteiger partial charge in [0.15, 0.2) is 0 Å². The van der Waals surface area contributed by atoms with Crippen molar-refractivity contribution in [1.82, 2.24) is 19.7 Å². The predicted octanol–water partition coefficient (Wildman–Crippen LogP) is 4.75. The molecule has 1 saturated heterocycles. The summed E-state index contributed by atoms with van der Waals surface area (Å²) in [5.74, 6) is 0.0348. The molecule has 0 saturated carbocycles. The van der Waals surface area contributed by atoms with Gasteiger partial charge in [0, 0.05) is 43.6 Å². The second-order valence-electron chi connectivity index (χ2n) is 8.35. The van der Waals surface area contributed by atoms with Gasteiger partial charge in [-0.1, -0.05) is 18.2 Å². The van der Waals surface area contributed by atoms with E-state index in [1.807, 2.05) is 24.0 Å². The molecule has 5 nitrogen and oxygen atoms in total. The Kier molecular flexibility index (Phi) is 6.04. The summed E-state index contributed by atoms with van der Waals surface area (Å²) in [5.41, 5.74) is 3.13. The standard InChI is InChI=1S/C24H25F3N4O/c1-16-11-18(12-17-5-3-7-20(13-17)24(25,26)27)14-21(29-16)19-6-4-10-31(15-19)23(32)22-8-9-28-30(22)2/h3,5,7-9,11,13-14,19H,4,6,10,12,15H2,1-2H3/t19-/m0/s1. The van der Waals surface area contributed by atoms with Gasteiger partial charge in [-0.25, -0.2) is 0 Å². The number of rotatable bonds is 4. The van der Waals surface area contributed by atoms with Gasteiger partial charge in [0.1, 0.15) is 5.69 Å². The molecule has 32 heavy (non-hydrogen) atoms. The average molecular weight is 442 g/mol. The molecule has 0 bridgehead atoms. The minimum absolute atomic E-state index is 0.0495. The van der Waals surface area contributed by atoms with Crippen molar-refractivity contribution in [3.63, 3.8) is 0 Å². The second kappa shape index (κ2) is 8.76. The van der Waals surface area contributed by atoms with Crippen LogP contribution >= 0.6 is 0 Å². The maximum Gasteiger partial charge on any atom is 0.416 e. The highest BCUT2D eigenvalue weighted by molar-refractivity contribution is 5.92. The molecule has 168 valence electrons. The van der Waals surface area contributed by atoms with Crippen LogP contribution < -0.4 is 0 Å². The molecule has 1 aliphatic rings. The van der Waals surface area contributed by atoms with Crippen LogP contribution in [0.25, 0.3) is 0 Å². The molecule has 0 unspecified atom stereocenters. The van der Waals surface area contributed by atoms with Gasteiger partial charge in [-0.3, -0.25) is 14.5 Å². The largest absolute Gasteiger partial charge is 0.416 e. The van der Waals surface area contributed by atoms with Crippen molar-refractivity contribution in [3.8, 4) is 0 Å². The fourth-order valence-corrected chi connectivity index (χ4v) is 4.32. The number of likely N-dealkylation sites (tertiary alicyclic amines) is 1. The molecule has 8 heteroatoms. The van der Waals surface area contributed by atoms with Gasteiger partial charge >= 0.3 is 6.18 Å². The predicted molar refractivity (Wildman–Crippen MR) is 114 cm³/mol. The number of hydrogen-bond acceptors (Lipinski definition) is 3. The Hall–Kier alpha value is -3.16. The third kappa shape index (κ3) is 4.84. The lowest BCUT2D eigenvalue weighted by Crippen LogP contribution is -2.40. The first kappa shape index (κ1) is 22.0. The van der Waals surface area contributed by atoms with Gasteiger partial charge in [0.2, 0.25) is 0 Å². The molecule has 0 aliphatic carbocycles. The summed E-state index contributed by atoms with van der Waals surface area (Å²) < 4.78 is 40.8. The van der Waals surface area contributed by atoms with Crippen LogP contribution in [0.15, 0.2) is 48.7 Å². The first-order chi connectivity index (χ1) is 15.2. The highest BCUT2D eigenvalue weighted by atomic mass is 19.4. The number of aromatic nitrogens is 3. The molecule has 1 amide bonds. The number of benzene rings is 1. The lowest BCUT2D eigenvalue weighted by Gasteiger charge is -2.32. The quantitative estimate of drug-likeness (QED) is 0.586. The SMILES string of the molecule is Cc1cc(Cc2cccc(C(F)(F)F)c2)cc([C@H]2CCCN(C(=O)c3ccnn3C)C2)n1. The van der Waals surface area contributed by atoms with Crippen LogP contribution in [0, 0.1) is 6.92 Å². The number of hydrogen-bond donors (Lipinski definition) is 0. The molecular formula is C24H25F3N4O. The molecule has 0 radical (unpaired) electrons. The zero-order valence-corrected chi connectivity index (χ0v) is 18.1. The van der Waals surface area contributed by atoms with E-state index in [4.69, 9.17) is 4.98 Å². The van der Waals surface area contributed by atoms with Gasteiger partial charge < -0.3 is 4.90 Å². The molecule has 0 N–H and O–H groups in total. The number of carbonyl (C=O) groups excluding carboxylic acids is 1. The Morgan fingerprint density at radius 1 is 1.16 bits per heavy atom. The highest BCUT2D eigenvalue weighted by Crippen LogP contribution is 2.31. The molecule has 1 atom stereocenters. The number of aryl methyl sites for hydroxylation is 2. The molecule has 0 spiro atoms. The summed E-state index contributed by atoms with van der Waals surface area (Å²) in [6.07, 6.45) is -0.579. The smallest absolute Gasteiger partial charge is 0.337 e. The number of halogens is 3. The van der Waals surface area contributed by atoms with Crippen molar-refractivity contribution in [2.75, 3.05) is 13.1 Å².